The van der Waals surface area contributed by atoms with Crippen molar-refractivity contribution in [1.29, 1.82) is 0 Å². The topological polar surface area (TPSA) is 56.1 Å². The van der Waals surface area contributed by atoms with E-state index in [-0.39, 0.29) is 5.91 Å². The number of halogens is 1. The highest BCUT2D eigenvalue weighted by atomic mass is 35.5. The normalized spacial score (nSPS) is 11.0. The van der Waals surface area contributed by atoms with Gasteiger partial charge in [-0.15, -0.1) is 0 Å². The van der Waals surface area contributed by atoms with E-state index in [1.807, 2.05) is 48.5 Å². The lowest BCUT2D eigenvalue weighted by molar-refractivity contribution is -0.120. The minimum absolute atomic E-state index is 0.0115. The average molecular weight is 462 g/mol. The Morgan fingerprint density at radius 3 is 2.70 bits per heavy atom. The van der Waals surface area contributed by atoms with Gasteiger partial charge in [-0.25, -0.2) is 4.98 Å². The Bertz CT molecular complexity index is 1220. The number of aromatic nitrogens is 2. The predicted molar refractivity (Wildman–Crippen MR) is 133 cm³/mol. The van der Waals surface area contributed by atoms with Crippen LogP contribution in [0.3, 0.4) is 0 Å². The van der Waals surface area contributed by atoms with Crippen LogP contribution in [0, 0.1) is 6.92 Å². The molecule has 0 saturated carbocycles. The van der Waals surface area contributed by atoms with Crippen molar-refractivity contribution in [3.05, 3.63) is 94.8 Å². The fourth-order valence-corrected chi connectivity index (χ4v) is 3.98. The number of nitrogens with zero attached hydrogens (tertiary/aromatic N) is 2. The van der Waals surface area contributed by atoms with Gasteiger partial charge >= 0.3 is 0 Å². The standard InChI is InChI=1S/C27H28ClN3O2/c1-20-6-4-7-23(18-20)33-17-16-31-25-9-3-2-8-24(25)30-26(31)10-5-15-29-27(32)19-21-11-13-22(28)14-12-21/h2-4,6-9,11-14,18H,5,10,15-17,19H2,1H3,(H,29,32). The zero-order valence-corrected chi connectivity index (χ0v) is 19.5. The molecule has 1 N–H and O–H groups in total. The Kier molecular flexibility index (Phi) is 7.63. The van der Waals surface area contributed by atoms with Crippen molar-refractivity contribution in [3.63, 3.8) is 0 Å². The summed E-state index contributed by atoms with van der Waals surface area (Å²) in [5.74, 6) is 1.90. The van der Waals surface area contributed by atoms with Crippen LogP contribution in [0.2, 0.25) is 5.02 Å². The molecule has 6 heteroatoms. The minimum Gasteiger partial charge on any atom is -0.492 e. The van der Waals surface area contributed by atoms with Gasteiger partial charge in [-0.3, -0.25) is 4.79 Å². The highest BCUT2D eigenvalue weighted by molar-refractivity contribution is 6.30. The van der Waals surface area contributed by atoms with E-state index in [0.717, 1.165) is 41.0 Å². The number of carbonyl (C=O) groups excluding carboxylic acids is 1. The molecule has 1 aromatic heterocycles. The third-order valence-electron chi connectivity index (χ3n) is 5.48. The molecule has 0 fully saturated rings. The Hall–Kier alpha value is -3.31. The van der Waals surface area contributed by atoms with Crippen molar-refractivity contribution in [3.8, 4) is 5.75 Å². The second-order valence-corrected chi connectivity index (χ2v) is 8.53. The number of nitrogens with one attached hydrogen (secondary N) is 1. The first kappa shape index (κ1) is 22.9. The van der Waals surface area contributed by atoms with Gasteiger partial charge in [-0.2, -0.15) is 0 Å². The Morgan fingerprint density at radius 2 is 1.88 bits per heavy atom. The fourth-order valence-electron chi connectivity index (χ4n) is 3.85. The molecule has 4 rings (SSSR count). The summed E-state index contributed by atoms with van der Waals surface area (Å²) in [7, 11) is 0. The Labute approximate surface area is 199 Å². The monoisotopic (exact) mass is 461 g/mol. The zero-order valence-electron chi connectivity index (χ0n) is 18.8. The molecule has 33 heavy (non-hydrogen) atoms. The second-order valence-electron chi connectivity index (χ2n) is 8.09. The summed E-state index contributed by atoms with van der Waals surface area (Å²) in [6.45, 7) is 3.94. The highest BCUT2D eigenvalue weighted by Crippen LogP contribution is 2.18. The smallest absolute Gasteiger partial charge is 0.224 e. The molecule has 170 valence electrons. The number of imidazole rings is 1. The largest absolute Gasteiger partial charge is 0.492 e. The molecule has 0 bridgehead atoms. The molecule has 4 aromatic rings. The molecule has 0 aliphatic heterocycles. The van der Waals surface area contributed by atoms with E-state index in [9.17, 15) is 4.79 Å². The molecular weight excluding hydrogens is 434 g/mol. The summed E-state index contributed by atoms with van der Waals surface area (Å²) >= 11 is 5.90. The van der Waals surface area contributed by atoms with Crippen molar-refractivity contribution in [1.82, 2.24) is 14.9 Å². The van der Waals surface area contributed by atoms with E-state index in [4.69, 9.17) is 21.3 Å². The SMILES string of the molecule is Cc1cccc(OCCn2c(CCCNC(=O)Cc3ccc(Cl)cc3)nc3ccccc32)c1. The first-order valence-corrected chi connectivity index (χ1v) is 11.6. The second kappa shape index (κ2) is 11.0. The van der Waals surface area contributed by atoms with E-state index in [2.05, 4.69) is 28.9 Å². The van der Waals surface area contributed by atoms with Crippen LogP contribution in [0.1, 0.15) is 23.4 Å². The predicted octanol–water partition coefficient (Wildman–Crippen LogP) is 5.37. The lowest BCUT2D eigenvalue weighted by atomic mass is 10.1. The molecule has 0 aliphatic rings. The third-order valence-corrected chi connectivity index (χ3v) is 5.74. The number of amides is 1. The molecule has 0 aliphatic carbocycles. The molecule has 0 saturated heterocycles. The number of rotatable bonds is 10. The van der Waals surface area contributed by atoms with Crippen LogP contribution in [-0.2, 0) is 24.2 Å². The van der Waals surface area contributed by atoms with Gasteiger partial charge in [0.1, 0.15) is 18.2 Å². The lowest BCUT2D eigenvalue weighted by Crippen LogP contribution is -2.26. The molecular formula is C27H28ClN3O2. The maximum Gasteiger partial charge on any atom is 0.224 e. The number of fused-ring (bicyclic) bond motifs is 1. The average Bonchev–Trinajstić information content (AvgIpc) is 3.16. The first-order chi connectivity index (χ1) is 16.1. The number of hydrogen-bond donors (Lipinski definition) is 1. The van der Waals surface area contributed by atoms with E-state index in [1.165, 1.54) is 5.56 Å². The maximum absolute atomic E-state index is 12.2. The summed E-state index contributed by atoms with van der Waals surface area (Å²) in [5.41, 5.74) is 4.22. The Balaban J connectivity index is 1.32. The number of hydrogen-bond acceptors (Lipinski definition) is 3. The molecule has 0 radical (unpaired) electrons. The lowest BCUT2D eigenvalue weighted by Gasteiger charge is -2.11. The first-order valence-electron chi connectivity index (χ1n) is 11.2. The van der Waals surface area contributed by atoms with Crippen LogP contribution in [0.15, 0.2) is 72.8 Å². The number of ether oxygens (including phenoxy) is 1. The number of aryl methyl sites for hydroxylation is 2. The maximum atomic E-state index is 12.2. The summed E-state index contributed by atoms with van der Waals surface area (Å²) in [6.07, 6.45) is 1.95. The van der Waals surface area contributed by atoms with Crippen molar-refractivity contribution < 1.29 is 9.53 Å². The third kappa shape index (κ3) is 6.36. The van der Waals surface area contributed by atoms with E-state index in [1.54, 1.807) is 12.1 Å². The summed E-state index contributed by atoms with van der Waals surface area (Å²) in [4.78, 5) is 17.1. The molecule has 0 spiro atoms. The van der Waals surface area contributed by atoms with Crippen LogP contribution in [-0.4, -0.2) is 28.6 Å². The van der Waals surface area contributed by atoms with Crippen molar-refractivity contribution >= 4 is 28.5 Å². The Morgan fingerprint density at radius 1 is 1.06 bits per heavy atom. The number of benzene rings is 3. The highest BCUT2D eigenvalue weighted by Gasteiger charge is 2.11. The minimum atomic E-state index is 0.0115. The molecule has 0 unspecified atom stereocenters. The van der Waals surface area contributed by atoms with Gasteiger partial charge in [0.25, 0.3) is 0 Å². The molecule has 1 amide bonds. The van der Waals surface area contributed by atoms with Crippen LogP contribution >= 0.6 is 11.6 Å². The summed E-state index contributed by atoms with van der Waals surface area (Å²) in [5, 5.41) is 3.68. The van der Waals surface area contributed by atoms with E-state index in [0.29, 0.717) is 31.1 Å². The van der Waals surface area contributed by atoms with Crippen molar-refractivity contribution in [2.24, 2.45) is 0 Å². The van der Waals surface area contributed by atoms with E-state index >= 15 is 0 Å². The van der Waals surface area contributed by atoms with E-state index < -0.39 is 0 Å². The van der Waals surface area contributed by atoms with Gasteiger partial charge in [0, 0.05) is 18.0 Å². The van der Waals surface area contributed by atoms with Crippen LogP contribution < -0.4 is 10.1 Å². The molecule has 1 heterocycles. The van der Waals surface area contributed by atoms with Crippen molar-refractivity contribution in [2.45, 2.75) is 32.7 Å². The van der Waals surface area contributed by atoms with Gasteiger partial charge in [0.05, 0.1) is 24.0 Å². The number of para-hydroxylation sites is 2. The summed E-state index contributed by atoms with van der Waals surface area (Å²) in [6, 6.07) is 23.6. The van der Waals surface area contributed by atoms with Crippen LogP contribution in [0.25, 0.3) is 11.0 Å². The van der Waals surface area contributed by atoms with Gasteiger partial charge in [-0.05, 0) is 60.9 Å². The van der Waals surface area contributed by atoms with Crippen LogP contribution in [0.5, 0.6) is 5.75 Å². The summed E-state index contributed by atoms with van der Waals surface area (Å²) < 4.78 is 8.19. The van der Waals surface area contributed by atoms with Gasteiger partial charge in [0.2, 0.25) is 5.91 Å². The molecule has 5 nitrogen and oxygen atoms in total. The molecule has 3 aromatic carbocycles. The fraction of sp³-hybridized carbons (Fsp3) is 0.259. The zero-order chi connectivity index (χ0) is 23.0. The van der Waals surface area contributed by atoms with Gasteiger partial charge < -0.3 is 14.6 Å². The van der Waals surface area contributed by atoms with Gasteiger partial charge in [0.15, 0.2) is 0 Å². The van der Waals surface area contributed by atoms with Gasteiger partial charge in [-0.1, -0.05) is 48.0 Å². The molecule has 0 atom stereocenters. The number of carbonyl (C=O) groups is 1. The van der Waals surface area contributed by atoms with Crippen LogP contribution in [0.4, 0.5) is 0 Å². The van der Waals surface area contributed by atoms with Crippen molar-refractivity contribution in [2.75, 3.05) is 13.2 Å². The quantitative estimate of drug-likeness (QED) is 0.323.